The number of amides is 1. The highest BCUT2D eigenvalue weighted by Gasteiger charge is 2.31. The number of hydrogen-bond donors (Lipinski definition) is 1. The van der Waals surface area contributed by atoms with Crippen LogP contribution in [-0.4, -0.2) is 14.3 Å². The third-order valence-corrected chi connectivity index (χ3v) is 3.03. The first-order valence-corrected chi connectivity index (χ1v) is 6.61. The SMILES string of the molecule is N#Cc1ccc(-n2cccc2)c(NC(=O)C(Cl)(Cl)Cl)c1. The summed E-state index contributed by atoms with van der Waals surface area (Å²) in [5.41, 5.74) is 1.44. The van der Waals surface area contributed by atoms with E-state index in [2.05, 4.69) is 5.32 Å². The highest BCUT2D eigenvalue weighted by Crippen LogP contribution is 2.29. The molecule has 0 fully saturated rings. The average Bonchev–Trinajstić information content (AvgIpc) is 2.91. The Kier molecular flexibility index (Phi) is 4.24. The van der Waals surface area contributed by atoms with Crippen LogP contribution in [0.3, 0.4) is 0 Å². The summed E-state index contributed by atoms with van der Waals surface area (Å²) >= 11 is 16.6. The Morgan fingerprint density at radius 2 is 1.90 bits per heavy atom. The number of carbonyl (C=O) groups is 1. The van der Waals surface area contributed by atoms with Crippen LogP contribution >= 0.6 is 34.8 Å². The van der Waals surface area contributed by atoms with E-state index in [1.807, 2.05) is 18.2 Å². The van der Waals surface area contributed by atoms with E-state index in [-0.39, 0.29) is 0 Å². The van der Waals surface area contributed by atoms with Crippen LogP contribution in [0.5, 0.6) is 0 Å². The fourth-order valence-electron chi connectivity index (χ4n) is 1.62. The predicted molar refractivity (Wildman–Crippen MR) is 79.4 cm³/mol. The number of aromatic nitrogens is 1. The predicted octanol–water partition coefficient (Wildman–Crippen LogP) is 3.66. The lowest BCUT2D eigenvalue weighted by molar-refractivity contribution is -0.115. The van der Waals surface area contributed by atoms with Crippen molar-refractivity contribution in [2.24, 2.45) is 0 Å². The topological polar surface area (TPSA) is 57.8 Å². The second-order valence-electron chi connectivity index (χ2n) is 3.89. The molecule has 1 heterocycles. The van der Waals surface area contributed by atoms with Crippen molar-refractivity contribution in [3.05, 3.63) is 48.3 Å². The average molecular weight is 329 g/mol. The molecule has 0 aliphatic rings. The van der Waals surface area contributed by atoms with Gasteiger partial charge >= 0.3 is 0 Å². The second kappa shape index (κ2) is 5.76. The minimum atomic E-state index is -2.07. The number of alkyl halides is 3. The molecule has 0 spiro atoms. The molecule has 102 valence electrons. The van der Waals surface area contributed by atoms with Crippen LogP contribution in [0.4, 0.5) is 5.69 Å². The van der Waals surface area contributed by atoms with Crippen molar-refractivity contribution in [3.63, 3.8) is 0 Å². The molecule has 1 amide bonds. The minimum Gasteiger partial charge on any atom is -0.322 e. The first-order chi connectivity index (χ1) is 9.41. The van der Waals surface area contributed by atoms with Crippen LogP contribution in [0.2, 0.25) is 0 Å². The quantitative estimate of drug-likeness (QED) is 0.855. The number of halogens is 3. The van der Waals surface area contributed by atoms with Crippen LogP contribution in [-0.2, 0) is 4.79 Å². The number of nitrogens with one attached hydrogen (secondary N) is 1. The zero-order valence-electron chi connectivity index (χ0n) is 9.98. The maximum atomic E-state index is 11.8. The molecule has 20 heavy (non-hydrogen) atoms. The summed E-state index contributed by atoms with van der Waals surface area (Å²) in [6, 6.07) is 10.5. The maximum absolute atomic E-state index is 11.8. The third kappa shape index (κ3) is 3.26. The van der Waals surface area contributed by atoms with Crippen molar-refractivity contribution in [1.82, 2.24) is 4.57 Å². The lowest BCUT2D eigenvalue weighted by Gasteiger charge is -2.15. The van der Waals surface area contributed by atoms with Crippen LogP contribution in [0.15, 0.2) is 42.7 Å². The minimum absolute atomic E-state index is 0.386. The zero-order valence-corrected chi connectivity index (χ0v) is 12.2. The van der Waals surface area contributed by atoms with Crippen LogP contribution in [0, 0.1) is 11.3 Å². The zero-order chi connectivity index (χ0) is 14.8. The Morgan fingerprint density at radius 1 is 1.25 bits per heavy atom. The lowest BCUT2D eigenvalue weighted by atomic mass is 10.2. The van der Waals surface area contributed by atoms with Gasteiger partial charge in [0, 0.05) is 12.4 Å². The van der Waals surface area contributed by atoms with Crippen molar-refractivity contribution in [1.29, 1.82) is 5.26 Å². The van der Waals surface area contributed by atoms with E-state index < -0.39 is 9.70 Å². The number of nitrogens with zero attached hydrogens (tertiary/aromatic N) is 2. The molecule has 0 aliphatic carbocycles. The standard InChI is InChI=1S/C13H8Cl3N3O/c14-13(15,16)12(20)18-10-7-9(8-17)3-4-11(10)19-5-1-2-6-19/h1-7H,(H,18,20). The summed E-state index contributed by atoms with van der Waals surface area (Å²) in [5.74, 6) is -0.786. The monoisotopic (exact) mass is 327 g/mol. The summed E-state index contributed by atoms with van der Waals surface area (Å²) in [6.07, 6.45) is 3.60. The smallest absolute Gasteiger partial charge is 0.276 e. The number of hydrogen-bond acceptors (Lipinski definition) is 2. The highest BCUT2D eigenvalue weighted by atomic mass is 35.6. The molecular formula is C13H8Cl3N3O. The van der Waals surface area contributed by atoms with E-state index in [1.165, 1.54) is 6.07 Å². The number of anilines is 1. The molecule has 4 nitrogen and oxygen atoms in total. The van der Waals surface area contributed by atoms with E-state index in [9.17, 15) is 4.79 Å². The Morgan fingerprint density at radius 3 is 2.45 bits per heavy atom. The first kappa shape index (κ1) is 14.7. The fraction of sp³-hybridized carbons (Fsp3) is 0.0769. The molecule has 7 heteroatoms. The Balaban J connectivity index is 2.44. The molecule has 1 N–H and O–H groups in total. The van der Waals surface area contributed by atoms with Crippen molar-refractivity contribution in [2.45, 2.75) is 3.79 Å². The van der Waals surface area contributed by atoms with E-state index in [0.717, 1.165) is 0 Å². The number of benzene rings is 1. The van der Waals surface area contributed by atoms with Gasteiger partial charge in [-0.2, -0.15) is 5.26 Å². The Bertz CT molecular complexity index is 669. The first-order valence-electron chi connectivity index (χ1n) is 5.47. The fourth-order valence-corrected chi connectivity index (χ4v) is 1.76. The van der Waals surface area contributed by atoms with E-state index in [4.69, 9.17) is 40.1 Å². The molecule has 0 atom stereocenters. The Labute approximate surface area is 130 Å². The summed E-state index contributed by atoms with van der Waals surface area (Å²) in [7, 11) is 0. The highest BCUT2D eigenvalue weighted by molar-refractivity contribution is 6.76. The summed E-state index contributed by atoms with van der Waals surface area (Å²) in [6.45, 7) is 0. The van der Waals surface area contributed by atoms with Gasteiger partial charge in [-0.05, 0) is 30.3 Å². The summed E-state index contributed by atoms with van der Waals surface area (Å²) < 4.78 is -0.300. The molecule has 1 aromatic heterocycles. The van der Waals surface area contributed by atoms with E-state index >= 15 is 0 Å². The van der Waals surface area contributed by atoms with Gasteiger partial charge in [0.1, 0.15) is 0 Å². The largest absolute Gasteiger partial charge is 0.322 e. The number of nitriles is 1. The van der Waals surface area contributed by atoms with Gasteiger partial charge in [-0.1, -0.05) is 34.8 Å². The van der Waals surface area contributed by atoms with Gasteiger partial charge in [0.2, 0.25) is 0 Å². The molecule has 0 radical (unpaired) electrons. The Hall–Kier alpha value is -1.67. The van der Waals surface area contributed by atoms with Crippen LogP contribution in [0.25, 0.3) is 5.69 Å². The third-order valence-electron chi connectivity index (χ3n) is 2.51. The molecular weight excluding hydrogens is 321 g/mol. The molecule has 2 rings (SSSR count). The lowest BCUT2D eigenvalue weighted by Crippen LogP contribution is -2.27. The molecule has 2 aromatic rings. The van der Waals surface area contributed by atoms with Crippen molar-refractivity contribution in [3.8, 4) is 11.8 Å². The van der Waals surface area contributed by atoms with E-state index in [1.54, 1.807) is 29.1 Å². The molecule has 0 unspecified atom stereocenters. The van der Waals surface area contributed by atoms with Crippen molar-refractivity contribution >= 4 is 46.4 Å². The van der Waals surface area contributed by atoms with Gasteiger partial charge in [-0.3, -0.25) is 4.79 Å². The molecule has 1 aromatic carbocycles. The maximum Gasteiger partial charge on any atom is 0.276 e. The van der Waals surface area contributed by atoms with Gasteiger partial charge in [-0.15, -0.1) is 0 Å². The van der Waals surface area contributed by atoms with E-state index in [0.29, 0.717) is 16.9 Å². The molecule has 0 bridgehead atoms. The van der Waals surface area contributed by atoms with Crippen molar-refractivity contribution in [2.75, 3.05) is 5.32 Å². The molecule has 0 aliphatic heterocycles. The normalized spacial score (nSPS) is 10.9. The van der Waals surface area contributed by atoms with Gasteiger partial charge in [0.15, 0.2) is 0 Å². The number of rotatable bonds is 2. The van der Waals surface area contributed by atoms with Gasteiger partial charge < -0.3 is 9.88 Å². The van der Waals surface area contributed by atoms with Gasteiger partial charge in [0.05, 0.1) is 23.0 Å². The van der Waals surface area contributed by atoms with Gasteiger partial charge in [0.25, 0.3) is 9.70 Å². The van der Waals surface area contributed by atoms with Crippen LogP contribution < -0.4 is 5.32 Å². The summed E-state index contributed by atoms with van der Waals surface area (Å²) in [4.78, 5) is 11.8. The molecule has 0 saturated carbocycles. The van der Waals surface area contributed by atoms with Crippen molar-refractivity contribution < 1.29 is 4.79 Å². The number of carbonyl (C=O) groups excluding carboxylic acids is 1. The van der Waals surface area contributed by atoms with Gasteiger partial charge in [-0.25, -0.2) is 0 Å². The second-order valence-corrected chi connectivity index (χ2v) is 6.17. The van der Waals surface area contributed by atoms with Crippen LogP contribution in [0.1, 0.15) is 5.56 Å². The molecule has 0 saturated heterocycles. The summed E-state index contributed by atoms with van der Waals surface area (Å²) in [5, 5.41) is 11.4.